The highest BCUT2D eigenvalue weighted by molar-refractivity contribution is 5.95. The van der Waals surface area contributed by atoms with Crippen molar-refractivity contribution in [3.8, 4) is 0 Å². The molecule has 0 aromatic carbocycles. The minimum absolute atomic E-state index is 0.0725. The van der Waals surface area contributed by atoms with Crippen LogP contribution in [0.5, 0.6) is 0 Å². The van der Waals surface area contributed by atoms with E-state index in [1.807, 2.05) is 0 Å². The molecule has 0 radical (unpaired) electrons. The number of aliphatic hydroxyl groups excluding tert-OH is 1. The van der Waals surface area contributed by atoms with Crippen molar-refractivity contribution in [2.75, 3.05) is 26.8 Å². The monoisotopic (exact) mass is 385 g/mol. The number of allylic oxidation sites excluding steroid dienone is 2. The smallest absolute Gasteiger partial charge is 0.309 e. The van der Waals surface area contributed by atoms with Gasteiger partial charge >= 0.3 is 5.97 Å². The van der Waals surface area contributed by atoms with Gasteiger partial charge in [0.15, 0.2) is 0 Å². The van der Waals surface area contributed by atoms with Gasteiger partial charge in [0.25, 0.3) is 0 Å². The molecule has 5 nitrogen and oxygen atoms in total. The quantitative estimate of drug-likeness (QED) is 0.583. The van der Waals surface area contributed by atoms with E-state index in [-0.39, 0.29) is 36.4 Å². The second-order valence-electron chi connectivity index (χ2n) is 10.5. The van der Waals surface area contributed by atoms with Crippen LogP contribution >= 0.6 is 0 Å². The number of ether oxygens (including phenoxy) is 1. The van der Waals surface area contributed by atoms with Crippen molar-refractivity contribution in [3.63, 3.8) is 0 Å². The van der Waals surface area contributed by atoms with E-state index in [9.17, 15) is 14.7 Å². The van der Waals surface area contributed by atoms with Crippen LogP contribution in [0.4, 0.5) is 0 Å². The second kappa shape index (κ2) is 5.48. The summed E-state index contributed by atoms with van der Waals surface area (Å²) in [5.74, 6) is 0.923. The van der Waals surface area contributed by atoms with E-state index in [1.165, 1.54) is 18.3 Å². The summed E-state index contributed by atoms with van der Waals surface area (Å²) >= 11 is 0. The molecule has 2 bridgehead atoms. The molecular weight excluding hydrogens is 354 g/mol. The number of aliphatic hydroxyl groups is 1. The highest BCUT2D eigenvalue weighted by Crippen LogP contribution is 2.74. The Kier molecular flexibility index (Phi) is 3.45. The molecule has 1 unspecified atom stereocenters. The minimum Gasteiger partial charge on any atom is -0.469 e. The molecule has 2 heterocycles. The fourth-order valence-corrected chi connectivity index (χ4v) is 9.12. The van der Waals surface area contributed by atoms with Crippen LogP contribution in [-0.4, -0.2) is 54.6 Å². The summed E-state index contributed by atoms with van der Waals surface area (Å²) in [6.45, 7) is 4.28. The molecule has 2 aliphatic heterocycles. The van der Waals surface area contributed by atoms with Crippen LogP contribution in [0.2, 0.25) is 0 Å². The average molecular weight is 386 g/mol. The van der Waals surface area contributed by atoms with E-state index in [4.69, 9.17) is 4.74 Å². The molecule has 6 aliphatic rings. The van der Waals surface area contributed by atoms with Crippen molar-refractivity contribution in [2.45, 2.75) is 51.5 Å². The number of piperidine rings is 1. The summed E-state index contributed by atoms with van der Waals surface area (Å²) in [7, 11) is 1.47. The standard InChI is InChI=1S/C23H31NO4/c1-12-9-24-10-14-5-3-13-4-6-15-17(21(27)28-2)8-22(19(13)15)20(26)16(12)7-18(24)23(14,22)11-25/h12,14-18,25H,3-11H2,1-2H3/t12-,14+,15+,16?,17+,18-,22-,23+/m0/s1. The first-order chi connectivity index (χ1) is 13.5. The molecule has 8 atom stereocenters. The molecule has 4 fully saturated rings. The zero-order valence-corrected chi connectivity index (χ0v) is 16.9. The third-order valence-electron chi connectivity index (χ3n) is 10.00. The molecular formula is C23H31NO4. The van der Waals surface area contributed by atoms with E-state index in [0.717, 1.165) is 45.2 Å². The van der Waals surface area contributed by atoms with Crippen molar-refractivity contribution in [3.05, 3.63) is 11.1 Å². The predicted octanol–water partition coefficient (Wildman–Crippen LogP) is 2.18. The first-order valence-electron chi connectivity index (χ1n) is 11.2. The Bertz CT molecular complexity index is 804. The second-order valence-corrected chi connectivity index (χ2v) is 10.5. The summed E-state index contributed by atoms with van der Waals surface area (Å²) in [5, 5.41) is 11.0. The highest BCUT2D eigenvalue weighted by atomic mass is 16.5. The number of carbonyl (C=O) groups excluding carboxylic acids is 2. The number of esters is 1. The number of hydrogen-bond acceptors (Lipinski definition) is 5. The highest BCUT2D eigenvalue weighted by Gasteiger charge is 2.77. The van der Waals surface area contributed by atoms with E-state index in [2.05, 4.69) is 11.8 Å². The Balaban J connectivity index is 1.64. The summed E-state index contributed by atoms with van der Waals surface area (Å²) in [5.41, 5.74) is 1.72. The zero-order valence-electron chi connectivity index (χ0n) is 16.9. The van der Waals surface area contributed by atoms with E-state index >= 15 is 0 Å². The van der Waals surface area contributed by atoms with Gasteiger partial charge in [-0.2, -0.15) is 0 Å². The van der Waals surface area contributed by atoms with Gasteiger partial charge in [-0.25, -0.2) is 0 Å². The van der Waals surface area contributed by atoms with Crippen LogP contribution in [0, 0.1) is 40.4 Å². The first-order valence-corrected chi connectivity index (χ1v) is 11.2. The van der Waals surface area contributed by atoms with Gasteiger partial charge in [-0.3, -0.25) is 14.5 Å². The number of hydrogen-bond donors (Lipinski definition) is 1. The number of methoxy groups -OCH3 is 1. The lowest BCUT2D eigenvalue weighted by Crippen LogP contribution is -2.67. The van der Waals surface area contributed by atoms with E-state index < -0.39 is 10.8 Å². The number of carbonyl (C=O) groups is 2. The molecule has 6 rings (SSSR count). The zero-order chi connectivity index (χ0) is 19.4. The fourth-order valence-electron chi connectivity index (χ4n) is 9.12. The molecule has 1 spiro atoms. The molecule has 2 saturated heterocycles. The van der Waals surface area contributed by atoms with Gasteiger partial charge in [0.05, 0.1) is 25.0 Å². The number of nitrogens with zero attached hydrogens (tertiary/aromatic N) is 1. The molecule has 0 aromatic rings. The Morgan fingerprint density at radius 3 is 2.79 bits per heavy atom. The molecule has 2 saturated carbocycles. The van der Waals surface area contributed by atoms with E-state index in [0.29, 0.717) is 24.0 Å². The van der Waals surface area contributed by atoms with Crippen LogP contribution < -0.4 is 0 Å². The maximum atomic E-state index is 14.3. The largest absolute Gasteiger partial charge is 0.469 e. The normalized spacial score (nSPS) is 51.3. The van der Waals surface area contributed by atoms with Crippen LogP contribution in [0.25, 0.3) is 0 Å². The molecule has 0 aromatic heterocycles. The minimum atomic E-state index is -0.630. The Labute approximate surface area is 166 Å². The SMILES string of the molecule is COC(=O)[C@@H]1C[C@@]23C(=O)C4C[C@@H]5N(C[C@@H](CCC6=C2[C@@H]1CC6)[C@]53CO)C[C@@H]4C. The Morgan fingerprint density at radius 1 is 1.25 bits per heavy atom. The lowest BCUT2D eigenvalue weighted by molar-refractivity contribution is -0.166. The van der Waals surface area contributed by atoms with Gasteiger partial charge < -0.3 is 9.84 Å². The maximum Gasteiger partial charge on any atom is 0.309 e. The van der Waals surface area contributed by atoms with Gasteiger partial charge in [0.2, 0.25) is 0 Å². The predicted molar refractivity (Wildman–Crippen MR) is 102 cm³/mol. The van der Waals surface area contributed by atoms with Gasteiger partial charge in [0.1, 0.15) is 5.78 Å². The van der Waals surface area contributed by atoms with Crippen molar-refractivity contribution < 1.29 is 19.4 Å². The molecule has 4 aliphatic carbocycles. The van der Waals surface area contributed by atoms with Gasteiger partial charge in [-0.15, -0.1) is 0 Å². The van der Waals surface area contributed by atoms with Crippen molar-refractivity contribution >= 4 is 11.8 Å². The Hall–Kier alpha value is -1.20. The van der Waals surface area contributed by atoms with Gasteiger partial charge in [0, 0.05) is 30.5 Å². The van der Waals surface area contributed by atoms with Crippen LogP contribution in [0.1, 0.15) is 45.4 Å². The average Bonchev–Trinajstić information content (AvgIpc) is 3.33. The van der Waals surface area contributed by atoms with Crippen LogP contribution in [-0.2, 0) is 14.3 Å². The first kappa shape index (κ1) is 17.6. The summed E-state index contributed by atoms with van der Waals surface area (Å²) in [6.07, 6.45) is 5.59. The third kappa shape index (κ3) is 1.67. The number of ketones is 1. The maximum absolute atomic E-state index is 14.3. The molecule has 5 heteroatoms. The summed E-state index contributed by atoms with van der Waals surface area (Å²) in [4.78, 5) is 29.7. The molecule has 0 amide bonds. The van der Waals surface area contributed by atoms with E-state index in [1.54, 1.807) is 0 Å². The summed E-state index contributed by atoms with van der Waals surface area (Å²) in [6, 6.07) is 0.283. The van der Waals surface area contributed by atoms with Crippen molar-refractivity contribution in [1.29, 1.82) is 0 Å². The van der Waals surface area contributed by atoms with Crippen molar-refractivity contribution in [1.82, 2.24) is 4.90 Å². The third-order valence-corrected chi connectivity index (χ3v) is 10.00. The molecule has 28 heavy (non-hydrogen) atoms. The fraction of sp³-hybridized carbons (Fsp3) is 0.826. The van der Waals surface area contributed by atoms with Crippen LogP contribution in [0.15, 0.2) is 11.1 Å². The summed E-state index contributed by atoms with van der Waals surface area (Å²) < 4.78 is 5.21. The van der Waals surface area contributed by atoms with Gasteiger partial charge in [-0.05, 0) is 56.3 Å². The van der Waals surface area contributed by atoms with Crippen molar-refractivity contribution in [2.24, 2.45) is 40.4 Å². The topological polar surface area (TPSA) is 66.8 Å². The van der Waals surface area contributed by atoms with Gasteiger partial charge in [-0.1, -0.05) is 18.1 Å². The lowest BCUT2D eigenvalue weighted by atomic mass is 9.45. The van der Waals surface area contributed by atoms with Crippen LogP contribution in [0.3, 0.4) is 0 Å². The number of Topliss-reactive ketones (excluding diaryl/α,β-unsaturated/α-hetero) is 1. The number of fused-ring (bicyclic) bond motifs is 1. The molecule has 152 valence electrons. The lowest BCUT2D eigenvalue weighted by Gasteiger charge is -2.60. The molecule has 1 N–H and O–H groups in total. The number of rotatable bonds is 2. The Morgan fingerprint density at radius 2 is 2.04 bits per heavy atom.